The van der Waals surface area contributed by atoms with Crippen LogP contribution in [0.3, 0.4) is 0 Å². The van der Waals surface area contributed by atoms with Crippen molar-refractivity contribution in [3.8, 4) is 0 Å². The molecule has 0 atom stereocenters. The van der Waals surface area contributed by atoms with E-state index < -0.39 is 0 Å². The summed E-state index contributed by atoms with van der Waals surface area (Å²) in [7, 11) is 0. The number of pyridine rings is 1. The van der Waals surface area contributed by atoms with Crippen LogP contribution in [0.25, 0.3) is 5.65 Å². The molecule has 3 rings (SSSR count). The Morgan fingerprint density at radius 3 is 3.06 bits per heavy atom. The van der Waals surface area contributed by atoms with E-state index in [-0.39, 0.29) is 11.8 Å². The Hall–Kier alpha value is -1.55. The summed E-state index contributed by atoms with van der Waals surface area (Å²) < 4.78 is 1.81. The van der Waals surface area contributed by atoms with Gasteiger partial charge < -0.3 is 5.32 Å². The highest BCUT2D eigenvalue weighted by molar-refractivity contribution is 6.29. The van der Waals surface area contributed by atoms with Crippen molar-refractivity contribution in [1.29, 1.82) is 0 Å². The van der Waals surface area contributed by atoms with Crippen molar-refractivity contribution in [1.82, 2.24) is 14.7 Å². The second-order valence-electron chi connectivity index (χ2n) is 4.30. The number of hydrogen-bond acceptors (Lipinski definition) is 2. The first-order chi connectivity index (χ1) is 8.24. The maximum Gasteiger partial charge on any atom is 0.223 e. The van der Waals surface area contributed by atoms with Crippen LogP contribution in [-0.4, -0.2) is 15.3 Å². The Bertz CT molecular complexity index is 574. The molecule has 0 aromatic carbocycles. The minimum Gasteiger partial charge on any atom is -0.350 e. The van der Waals surface area contributed by atoms with Gasteiger partial charge in [0, 0.05) is 12.1 Å². The van der Waals surface area contributed by atoms with Crippen LogP contribution in [0.5, 0.6) is 0 Å². The molecule has 0 aliphatic heterocycles. The second-order valence-corrected chi connectivity index (χ2v) is 4.69. The number of imidazole rings is 1. The minimum atomic E-state index is 0.133. The molecule has 2 aromatic heterocycles. The van der Waals surface area contributed by atoms with Gasteiger partial charge in [-0.2, -0.15) is 0 Å². The zero-order valence-corrected chi connectivity index (χ0v) is 9.94. The third-order valence-electron chi connectivity index (χ3n) is 2.88. The quantitative estimate of drug-likeness (QED) is 0.846. The number of hydrogen-bond donors (Lipinski definition) is 1. The maximum atomic E-state index is 11.5. The van der Waals surface area contributed by atoms with Crippen LogP contribution in [0.2, 0.25) is 5.15 Å². The van der Waals surface area contributed by atoms with E-state index in [0.717, 1.165) is 24.2 Å². The number of fused-ring (bicyclic) bond motifs is 1. The van der Waals surface area contributed by atoms with Gasteiger partial charge in [-0.1, -0.05) is 17.7 Å². The van der Waals surface area contributed by atoms with Crippen LogP contribution in [0.15, 0.2) is 24.4 Å². The molecule has 1 saturated carbocycles. The van der Waals surface area contributed by atoms with E-state index in [1.807, 2.05) is 24.4 Å². The average Bonchev–Trinajstić information content (AvgIpc) is 3.07. The fourth-order valence-electron chi connectivity index (χ4n) is 1.78. The highest BCUT2D eigenvalue weighted by Gasteiger charge is 2.29. The first kappa shape index (κ1) is 10.6. The first-order valence-electron chi connectivity index (χ1n) is 5.64. The number of amides is 1. The van der Waals surface area contributed by atoms with E-state index in [1.165, 1.54) is 0 Å². The predicted octanol–water partition coefficient (Wildman–Crippen LogP) is 2.01. The number of aromatic nitrogens is 2. The van der Waals surface area contributed by atoms with Crippen LogP contribution in [0.4, 0.5) is 0 Å². The highest BCUT2D eigenvalue weighted by Crippen LogP contribution is 2.28. The van der Waals surface area contributed by atoms with E-state index in [4.69, 9.17) is 11.6 Å². The van der Waals surface area contributed by atoms with Crippen molar-refractivity contribution in [2.45, 2.75) is 19.4 Å². The van der Waals surface area contributed by atoms with E-state index in [1.54, 1.807) is 4.40 Å². The smallest absolute Gasteiger partial charge is 0.223 e. The molecule has 0 saturated heterocycles. The molecule has 1 fully saturated rings. The van der Waals surface area contributed by atoms with E-state index in [2.05, 4.69) is 10.3 Å². The second kappa shape index (κ2) is 4.04. The summed E-state index contributed by atoms with van der Waals surface area (Å²) in [5, 5.41) is 3.50. The summed E-state index contributed by atoms with van der Waals surface area (Å²) in [5.41, 5.74) is 1.63. The molecule has 0 bridgehead atoms. The Balaban J connectivity index is 1.76. The van der Waals surface area contributed by atoms with Gasteiger partial charge in [-0.15, -0.1) is 0 Å². The zero-order chi connectivity index (χ0) is 11.8. The molecule has 1 aliphatic rings. The Labute approximate surface area is 104 Å². The lowest BCUT2D eigenvalue weighted by atomic mass is 10.4. The van der Waals surface area contributed by atoms with E-state index in [9.17, 15) is 4.79 Å². The Morgan fingerprint density at radius 2 is 2.35 bits per heavy atom. The monoisotopic (exact) mass is 249 g/mol. The maximum absolute atomic E-state index is 11.5. The number of nitrogens with zero attached hydrogens (tertiary/aromatic N) is 2. The van der Waals surface area contributed by atoms with Crippen molar-refractivity contribution >= 4 is 23.2 Å². The molecule has 2 aromatic rings. The van der Waals surface area contributed by atoms with Gasteiger partial charge in [-0.05, 0) is 25.0 Å². The Kier molecular flexibility index (Phi) is 2.52. The Morgan fingerprint density at radius 1 is 1.53 bits per heavy atom. The zero-order valence-electron chi connectivity index (χ0n) is 9.19. The first-order valence-corrected chi connectivity index (χ1v) is 6.02. The van der Waals surface area contributed by atoms with Crippen molar-refractivity contribution in [3.05, 3.63) is 35.2 Å². The van der Waals surface area contributed by atoms with Crippen molar-refractivity contribution in [2.75, 3.05) is 0 Å². The molecule has 88 valence electrons. The lowest BCUT2D eigenvalue weighted by Crippen LogP contribution is -2.24. The van der Waals surface area contributed by atoms with Crippen LogP contribution >= 0.6 is 11.6 Å². The molecule has 0 radical (unpaired) electrons. The molecule has 17 heavy (non-hydrogen) atoms. The van der Waals surface area contributed by atoms with Crippen molar-refractivity contribution in [2.24, 2.45) is 5.92 Å². The van der Waals surface area contributed by atoms with Gasteiger partial charge in [0.15, 0.2) is 0 Å². The number of halogens is 1. The van der Waals surface area contributed by atoms with Gasteiger partial charge in [0.05, 0.1) is 12.2 Å². The number of carbonyl (C=O) groups excluding carboxylic acids is 1. The van der Waals surface area contributed by atoms with Gasteiger partial charge in [0.1, 0.15) is 10.8 Å². The lowest BCUT2D eigenvalue weighted by molar-refractivity contribution is -0.122. The molecule has 5 heteroatoms. The largest absolute Gasteiger partial charge is 0.350 e. The van der Waals surface area contributed by atoms with Crippen LogP contribution in [-0.2, 0) is 11.3 Å². The van der Waals surface area contributed by atoms with Gasteiger partial charge in [0.25, 0.3) is 0 Å². The van der Waals surface area contributed by atoms with Crippen LogP contribution < -0.4 is 5.32 Å². The van der Waals surface area contributed by atoms with Gasteiger partial charge >= 0.3 is 0 Å². The summed E-state index contributed by atoms with van der Waals surface area (Å²) in [5.74, 6) is 0.365. The fourth-order valence-corrected chi connectivity index (χ4v) is 1.99. The predicted molar refractivity (Wildman–Crippen MR) is 64.8 cm³/mol. The molecule has 1 N–H and O–H groups in total. The SMILES string of the molecule is O=C(NCc1cn2c(Cl)cccc2n1)C1CC1. The van der Waals surface area contributed by atoms with Crippen molar-refractivity contribution in [3.63, 3.8) is 0 Å². The third kappa shape index (κ3) is 2.13. The molecule has 1 amide bonds. The molecular formula is C12H12ClN3O. The highest BCUT2D eigenvalue weighted by atomic mass is 35.5. The molecule has 0 unspecified atom stereocenters. The van der Waals surface area contributed by atoms with E-state index in [0.29, 0.717) is 11.7 Å². The molecule has 2 heterocycles. The molecule has 0 spiro atoms. The summed E-state index contributed by atoms with van der Waals surface area (Å²) in [6.45, 7) is 0.466. The fraction of sp³-hybridized carbons (Fsp3) is 0.333. The van der Waals surface area contributed by atoms with Gasteiger partial charge in [0.2, 0.25) is 5.91 Å². The average molecular weight is 250 g/mol. The number of rotatable bonds is 3. The summed E-state index contributed by atoms with van der Waals surface area (Å²) in [6, 6.07) is 5.55. The topological polar surface area (TPSA) is 46.4 Å². The summed E-state index contributed by atoms with van der Waals surface area (Å²) in [6.07, 6.45) is 3.89. The molecule has 1 aliphatic carbocycles. The van der Waals surface area contributed by atoms with Crippen LogP contribution in [0.1, 0.15) is 18.5 Å². The minimum absolute atomic E-state index is 0.133. The number of carbonyl (C=O) groups is 1. The molecule has 4 nitrogen and oxygen atoms in total. The van der Waals surface area contributed by atoms with Gasteiger partial charge in [-0.3, -0.25) is 9.20 Å². The van der Waals surface area contributed by atoms with Crippen LogP contribution in [0, 0.1) is 5.92 Å². The third-order valence-corrected chi connectivity index (χ3v) is 3.19. The standard InChI is InChI=1S/C12H12ClN3O/c13-10-2-1-3-11-15-9(7-16(10)11)6-14-12(17)8-4-5-8/h1-3,7-8H,4-6H2,(H,14,17). The lowest BCUT2D eigenvalue weighted by Gasteiger charge is -1.99. The van der Waals surface area contributed by atoms with Gasteiger partial charge in [-0.25, -0.2) is 4.98 Å². The summed E-state index contributed by atoms with van der Waals surface area (Å²) >= 11 is 6.03. The molecular weight excluding hydrogens is 238 g/mol. The number of nitrogens with one attached hydrogen (secondary N) is 1. The summed E-state index contributed by atoms with van der Waals surface area (Å²) in [4.78, 5) is 15.9. The normalized spacial score (nSPS) is 15.1. The van der Waals surface area contributed by atoms with Crippen molar-refractivity contribution < 1.29 is 4.79 Å². The van der Waals surface area contributed by atoms with E-state index >= 15 is 0 Å².